The molecule has 33 heavy (non-hydrogen) atoms. The number of rotatable bonds is 4. The molecule has 5 rings (SSSR count). The van der Waals surface area contributed by atoms with Crippen molar-refractivity contribution in [3.63, 3.8) is 0 Å². The highest BCUT2D eigenvalue weighted by Crippen LogP contribution is 2.35. The Morgan fingerprint density at radius 1 is 0.879 bits per heavy atom. The fourth-order valence-corrected chi connectivity index (χ4v) is 5.96. The molecule has 0 saturated carbocycles. The van der Waals surface area contributed by atoms with Gasteiger partial charge in [0.2, 0.25) is 10.0 Å². The number of benzene rings is 2. The lowest BCUT2D eigenvalue weighted by Crippen LogP contribution is -2.49. The van der Waals surface area contributed by atoms with Gasteiger partial charge in [0.05, 0.1) is 22.8 Å². The lowest BCUT2D eigenvalue weighted by atomic mass is 10.2. The molecule has 0 atom stereocenters. The second-order valence-corrected chi connectivity index (χ2v) is 10.7. The zero-order valence-electron chi connectivity index (χ0n) is 19.1. The van der Waals surface area contributed by atoms with Gasteiger partial charge in [-0.1, -0.05) is 36.4 Å². The molecule has 0 aliphatic carbocycles. The van der Waals surface area contributed by atoms with Crippen LogP contribution in [0, 0.1) is 0 Å². The zero-order valence-corrected chi connectivity index (χ0v) is 19.9. The first-order valence-electron chi connectivity index (χ1n) is 11.2. The number of para-hydroxylation sites is 2. The number of fused-ring (bicyclic) bond motifs is 3. The smallest absolute Gasteiger partial charge is 0.271 e. The van der Waals surface area contributed by atoms with Crippen LogP contribution >= 0.6 is 0 Å². The van der Waals surface area contributed by atoms with Crippen LogP contribution in [0.4, 0.5) is 5.69 Å². The zero-order chi connectivity index (χ0) is 23.3. The van der Waals surface area contributed by atoms with Crippen molar-refractivity contribution in [1.29, 1.82) is 0 Å². The van der Waals surface area contributed by atoms with Crippen molar-refractivity contribution in [2.24, 2.45) is 0 Å². The number of amides is 1. The summed E-state index contributed by atoms with van der Waals surface area (Å²) in [6, 6.07) is 19.8. The molecule has 0 N–H and O–H groups in total. The van der Waals surface area contributed by atoms with Crippen LogP contribution in [0.25, 0.3) is 21.9 Å². The number of anilines is 1. The molecule has 3 heterocycles. The highest BCUT2D eigenvalue weighted by molar-refractivity contribution is 7.89. The Kier molecular flexibility index (Phi) is 5.20. The number of piperazine rings is 1. The molecule has 4 aromatic rings. The quantitative estimate of drug-likeness (QED) is 0.459. The lowest BCUT2D eigenvalue weighted by molar-refractivity contribution is 0.0740. The molecule has 172 valence electrons. The van der Waals surface area contributed by atoms with E-state index in [9.17, 15) is 13.2 Å². The Morgan fingerprint density at radius 3 is 2.15 bits per heavy atom. The van der Waals surface area contributed by atoms with E-state index < -0.39 is 10.0 Å². The van der Waals surface area contributed by atoms with Crippen molar-refractivity contribution >= 4 is 43.6 Å². The van der Waals surface area contributed by atoms with Crippen LogP contribution in [0.5, 0.6) is 0 Å². The average molecular weight is 465 g/mol. The van der Waals surface area contributed by atoms with Crippen LogP contribution in [-0.4, -0.2) is 60.2 Å². The number of carbonyl (C=O) groups is 1. The van der Waals surface area contributed by atoms with Crippen molar-refractivity contribution in [3.05, 3.63) is 66.4 Å². The van der Waals surface area contributed by atoms with Gasteiger partial charge in [0.15, 0.2) is 0 Å². The molecule has 8 heteroatoms. The number of aromatic nitrogens is 2. The predicted octanol–water partition coefficient (Wildman–Crippen LogP) is 3.95. The third kappa shape index (κ3) is 3.58. The van der Waals surface area contributed by atoms with Crippen molar-refractivity contribution in [2.75, 3.05) is 37.3 Å². The normalized spacial score (nSPS) is 15.2. The summed E-state index contributed by atoms with van der Waals surface area (Å²) in [6.45, 7) is 6.61. The number of hydrogen-bond donors (Lipinski definition) is 0. The van der Waals surface area contributed by atoms with Crippen molar-refractivity contribution in [1.82, 2.24) is 13.4 Å². The molecule has 1 amide bonds. The van der Waals surface area contributed by atoms with E-state index in [4.69, 9.17) is 0 Å². The van der Waals surface area contributed by atoms with Crippen LogP contribution in [0.2, 0.25) is 0 Å². The van der Waals surface area contributed by atoms with Crippen LogP contribution in [-0.2, 0) is 10.0 Å². The molecule has 1 saturated heterocycles. The molecule has 1 aliphatic heterocycles. The number of hydrogen-bond acceptors (Lipinski definition) is 4. The maximum Gasteiger partial charge on any atom is 0.271 e. The maximum atomic E-state index is 13.6. The van der Waals surface area contributed by atoms with E-state index in [1.807, 2.05) is 42.5 Å². The largest absolute Gasteiger partial charge is 0.368 e. The Hall–Kier alpha value is -3.26. The van der Waals surface area contributed by atoms with Gasteiger partial charge < -0.3 is 14.4 Å². The highest BCUT2D eigenvalue weighted by Gasteiger charge is 2.31. The summed E-state index contributed by atoms with van der Waals surface area (Å²) in [6.07, 6.45) is 1.16. The Labute approximate surface area is 193 Å². The fraction of sp³-hybridized carbons (Fsp3) is 0.320. The molecule has 1 fully saturated rings. The average Bonchev–Trinajstić information content (AvgIpc) is 3.34. The van der Waals surface area contributed by atoms with Gasteiger partial charge in [-0.3, -0.25) is 4.79 Å². The highest BCUT2D eigenvalue weighted by atomic mass is 32.2. The molecule has 1 aliphatic rings. The first kappa shape index (κ1) is 21.6. The molecule has 2 aromatic carbocycles. The monoisotopic (exact) mass is 464 g/mol. The molecule has 0 bridgehead atoms. The minimum atomic E-state index is -3.71. The Balaban J connectivity index is 1.57. The van der Waals surface area contributed by atoms with E-state index in [1.165, 1.54) is 3.97 Å². The molecular formula is C25H28N4O3S. The maximum absolute atomic E-state index is 13.6. The second kappa shape index (κ2) is 7.95. The van der Waals surface area contributed by atoms with E-state index in [0.29, 0.717) is 31.7 Å². The van der Waals surface area contributed by atoms with Crippen LogP contribution in [0.3, 0.4) is 0 Å². The van der Waals surface area contributed by atoms with E-state index in [2.05, 4.69) is 35.4 Å². The van der Waals surface area contributed by atoms with Gasteiger partial charge in [-0.2, -0.15) is 0 Å². The van der Waals surface area contributed by atoms with Crippen LogP contribution < -0.4 is 4.90 Å². The second-order valence-electron chi connectivity index (χ2n) is 8.89. The van der Waals surface area contributed by atoms with Crippen LogP contribution in [0.1, 0.15) is 30.4 Å². The first-order chi connectivity index (χ1) is 15.8. The van der Waals surface area contributed by atoms with Gasteiger partial charge in [-0.25, -0.2) is 12.4 Å². The minimum absolute atomic E-state index is 0.111. The standard InChI is InChI=1S/C25H28N4O3S/c1-18(2)28-21-12-8-7-11-20(21)24-22(28)17-23(29(24)33(3,31)32)25(30)27-15-13-26(14-16-27)19-9-5-4-6-10-19/h4-12,17-18H,13-16H2,1-3H3. The number of nitrogens with zero attached hydrogens (tertiary/aromatic N) is 4. The first-order valence-corrected chi connectivity index (χ1v) is 13.1. The molecule has 7 nitrogen and oxygen atoms in total. The third-order valence-corrected chi connectivity index (χ3v) is 7.41. The third-order valence-electron chi connectivity index (χ3n) is 6.37. The fourth-order valence-electron chi connectivity index (χ4n) is 4.94. The van der Waals surface area contributed by atoms with Gasteiger partial charge in [0.25, 0.3) is 5.91 Å². The molecule has 0 unspecified atom stereocenters. The summed E-state index contributed by atoms with van der Waals surface area (Å²) in [5.41, 5.74) is 3.64. The topological polar surface area (TPSA) is 67.6 Å². The van der Waals surface area contributed by atoms with Gasteiger partial charge in [0, 0.05) is 43.3 Å². The van der Waals surface area contributed by atoms with Gasteiger partial charge in [-0.15, -0.1) is 0 Å². The summed E-state index contributed by atoms with van der Waals surface area (Å²) in [5, 5.41) is 0.833. The van der Waals surface area contributed by atoms with Crippen molar-refractivity contribution in [2.45, 2.75) is 19.9 Å². The summed E-state index contributed by atoms with van der Waals surface area (Å²) >= 11 is 0. The van der Waals surface area contributed by atoms with E-state index in [-0.39, 0.29) is 17.6 Å². The molecule has 0 spiro atoms. The van der Waals surface area contributed by atoms with Gasteiger partial charge in [0.1, 0.15) is 5.69 Å². The number of carbonyl (C=O) groups excluding carboxylic acids is 1. The van der Waals surface area contributed by atoms with Crippen molar-refractivity contribution < 1.29 is 13.2 Å². The summed E-state index contributed by atoms with van der Waals surface area (Å²) in [4.78, 5) is 17.6. The van der Waals surface area contributed by atoms with Gasteiger partial charge in [-0.05, 0) is 38.1 Å². The summed E-state index contributed by atoms with van der Waals surface area (Å²) < 4.78 is 29.3. The molecule has 0 radical (unpaired) electrons. The minimum Gasteiger partial charge on any atom is -0.368 e. The Morgan fingerprint density at radius 2 is 1.52 bits per heavy atom. The van der Waals surface area contributed by atoms with E-state index >= 15 is 0 Å². The van der Waals surface area contributed by atoms with Crippen LogP contribution in [0.15, 0.2) is 60.7 Å². The molecular weight excluding hydrogens is 436 g/mol. The van der Waals surface area contributed by atoms with Crippen molar-refractivity contribution in [3.8, 4) is 0 Å². The molecule has 2 aromatic heterocycles. The van der Waals surface area contributed by atoms with Gasteiger partial charge >= 0.3 is 0 Å². The van der Waals surface area contributed by atoms with E-state index in [0.717, 1.165) is 28.4 Å². The predicted molar refractivity (Wildman–Crippen MR) is 133 cm³/mol. The SMILES string of the molecule is CC(C)n1c2ccccc2c2c1cc(C(=O)N1CCN(c3ccccc3)CC1)n2S(C)(=O)=O. The Bertz CT molecular complexity index is 1440. The van der Waals surface area contributed by atoms with E-state index in [1.54, 1.807) is 11.0 Å². The summed E-state index contributed by atoms with van der Waals surface area (Å²) in [5.74, 6) is -0.247. The summed E-state index contributed by atoms with van der Waals surface area (Å²) in [7, 11) is -3.71. The lowest BCUT2D eigenvalue weighted by Gasteiger charge is -2.36.